The van der Waals surface area contributed by atoms with E-state index in [1.54, 1.807) is 6.92 Å². The van der Waals surface area contributed by atoms with Gasteiger partial charge in [0.15, 0.2) is 0 Å². The van der Waals surface area contributed by atoms with Crippen molar-refractivity contribution in [3.63, 3.8) is 0 Å². The van der Waals surface area contributed by atoms with E-state index in [0.29, 0.717) is 23.1 Å². The second kappa shape index (κ2) is 5.05. The number of hydrogen-bond donors (Lipinski definition) is 0. The average molecular weight is 278 g/mol. The van der Waals surface area contributed by atoms with Crippen LogP contribution in [-0.4, -0.2) is 8.42 Å². The molecule has 0 aliphatic heterocycles. The van der Waals surface area contributed by atoms with Gasteiger partial charge in [-0.2, -0.15) is 5.26 Å². The third-order valence-electron chi connectivity index (χ3n) is 2.14. The van der Waals surface area contributed by atoms with E-state index in [1.165, 1.54) is 12.1 Å². The first-order valence-electron chi connectivity index (χ1n) is 4.50. The maximum atomic E-state index is 11.4. The summed E-state index contributed by atoms with van der Waals surface area (Å²) in [6.45, 7) is 1.79. The molecule has 1 rings (SSSR count). The van der Waals surface area contributed by atoms with Gasteiger partial charge in [-0.25, -0.2) is 8.42 Å². The minimum Gasteiger partial charge on any atom is -0.207 e. The number of aryl methyl sites for hydroxylation is 1. The Morgan fingerprint density at radius 3 is 2.31 bits per heavy atom. The van der Waals surface area contributed by atoms with Gasteiger partial charge < -0.3 is 0 Å². The topological polar surface area (TPSA) is 57.9 Å². The molecule has 0 saturated carbocycles. The number of nitrogens with zero attached hydrogens (tertiary/aromatic N) is 1. The molecule has 16 heavy (non-hydrogen) atoms. The van der Waals surface area contributed by atoms with Crippen LogP contribution in [0.15, 0.2) is 17.0 Å². The number of hydrogen-bond acceptors (Lipinski definition) is 3. The second-order valence-corrected chi connectivity index (χ2v) is 5.93. The number of nitriles is 1. The lowest BCUT2D eigenvalue weighted by Gasteiger charge is -2.09. The summed E-state index contributed by atoms with van der Waals surface area (Å²) in [5, 5.41) is 8.80. The maximum Gasteiger partial charge on any atom is 0.261 e. The maximum absolute atomic E-state index is 11.4. The predicted octanol–water partition coefficient (Wildman–Crippen LogP) is 2.79. The molecule has 6 heteroatoms. The van der Waals surface area contributed by atoms with E-state index >= 15 is 0 Å². The minimum absolute atomic E-state index is 0.00377. The van der Waals surface area contributed by atoms with E-state index in [9.17, 15) is 8.42 Å². The van der Waals surface area contributed by atoms with Crippen molar-refractivity contribution in [2.24, 2.45) is 0 Å². The molecule has 0 N–H and O–H groups in total. The summed E-state index contributed by atoms with van der Waals surface area (Å²) in [6, 6.07) is 4.92. The Morgan fingerprint density at radius 1 is 1.38 bits per heavy atom. The van der Waals surface area contributed by atoms with E-state index in [0.717, 1.165) is 0 Å². The van der Waals surface area contributed by atoms with Crippen molar-refractivity contribution in [1.29, 1.82) is 5.26 Å². The van der Waals surface area contributed by atoms with Gasteiger partial charge in [-0.1, -0.05) is 6.92 Å². The summed E-state index contributed by atoms with van der Waals surface area (Å²) in [5.74, 6) is 0.00377. The largest absolute Gasteiger partial charge is 0.261 e. The summed E-state index contributed by atoms with van der Waals surface area (Å²) < 4.78 is 22.8. The first-order chi connectivity index (χ1) is 7.43. The van der Waals surface area contributed by atoms with Crippen LogP contribution in [0.1, 0.15) is 23.6 Å². The summed E-state index contributed by atoms with van der Waals surface area (Å²) in [4.78, 5) is 0.0330. The SMILES string of the molecule is CCc1cc(C#N)cc(CCl)c1S(=O)(=O)Cl. The number of benzene rings is 1. The zero-order valence-electron chi connectivity index (χ0n) is 8.50. The monoisotopic (exact) mass is 277 g/mol. The van der Waals surface area contributed by atoms with Gasteiger partial charge >= 0.3 is 0 Å². The second-order valence-electron chi connectivity index (χ2n) is 3.16. The van der Waals surface area contributed by atoms with Crippen LogP contribution in [0.2, 0.25) is 0 Å². The van der Waals surface area contributed by atoms with Crippen molar-refractivity contribution in [3.8, 4) is 6.07 Å². The molecule has 0 heterocycles. The zero-order chi connectivity index (χ0) is 12.3. The molecule has 0 saturated heterocycles. The fourth-order valence-electron chi connectivity index (χ4n) is 1.49. The molecule has 0 atom stereocenters. The lowest BCUT2D eigenvalue weighted by atomic mass is 10.1. The third kappa shape index (κ3) is 2.67. The lowest BCUT2D eigenvalue weighted by Crippen LogP contribution is -2.03. The first-order valence-corrected chi connectivity index (χ1v) is 7.35. The first kappa shape index (κ1) is 13.3. The molecule has 0 amide bonds. The van der Waals surface area contributed by atoms with Gasteiger partial charge in [0.25, 0.3) is 9.05 Å². The van der Waals surface area contributed by atoms with Crippen LogP contribution in [0.4, 0.5) is 0 Å². The van der Waals surface area contributed by atoms with Gasteiger partial charge in [0.05, 0.1) is 16.5 Å². The Kier molecular flexibility index (Phi) is 4.20. The molecule has 0 radical (unpaired) electrons. The zero-order valence-corrected chi connectivity index (χ0v) is 10.8. The Bertz CT molecular complexity index is 521. The highest BCUT2D eigenvalue weighted by molar-refractivity contribution is 8.13. The van der Waals surface area contributed by atoms with Crippen molar-refractivity contribution >= 4 is 31.3 Å². The summed E-state index contributed by atoms with van der Waals surface area (Å²) >= 11 is 5.66. The van der Waals surface area contributed by atoms with Crippen molar-refractivity contribution < 1.29 is 8.42 Å². The molecule has 3 nitrogen and oxygen atoms in total. The van der Waals surface area contributed by atoms with Crippen LogP contribution in [0.25, 0.3) is 0 Å². The number of halogens is 2. The minimum atomic E-state index is -3.83. The third-order valence-corrected chi connectivity index (χ3v) is 3.90. The van der Waals surface area contributed by atoms with E-state index in [-0.39, 0.29) is 10.8 Å². The summed E-state index contributed by atoms with van der Waals surface area (Å²) in [7, 11) is 1.52. The average Bonchev–Trinajstić information content (AvgIpc) is 2.25. The van der Waals surface area contributed by atoms with E-state index in [1.807, 2.05) is 6.07 Å². The van der Waals surface area contributed by atoms with Crippen LogP contribution in [0.5, 0.6) is 0 Å². The van der Waals surface area contributed by atoms with Gasteiger partial charge in [0.1, 0.15) is 0 Å². The molecule has 0 aliphatic rings. The molecule has 0 fully saturated rings. The molecule has 0 aliphatic carbocycles. The van der Waals surface area contributed by atoms with Crippen LogP contribution >= 0.6 is 22.3 Å². The lowest BCUT2D eigenvalue weighted by molar-refractivity contribution is 0.608. The molecule has 0 spiro atoms. The van der Waals surface area contributed by atoms with Gasteiger partial charge in [-0.05, 0) is 29.7 Å². The highest BCUT2D eigenvalue weighted by atomic mass is 35.7. The van der Waals surface area contributed by atoms with Crippen LogP contribution in [0.3, 0.4) is 0 Å². The molecule has 0 aromatic heterocycles. The fourth-order valence-corrected chi connectivity index (χ4v) is 3.34. The van der Waals surface area contributed by atoms with Crippen molar-refractivity contribution in [1.82, 2.24) is 0 Å². The van der Waals surface area contributed by atoms with Crippen molar-refractivity contribution in [2.75, 3.05) is 0 Å². The summed E-state index contributed by atoms with van der Waals surface area (Å²) in [6.07, 6.45) is 0.473. The Labute approximate surface area is 104 Å². The van der Waals surface area contributed by atoms with Gasteiger partial charge in [0.2, 0.25) is 0 Å². The van der Waals surface area contributed by atoms with Gasteiger partial charge in [0, 0.05) is 16.6 Å². The van der Waals surface area contributed by atoms with E-state index < -0.39 is 9.05 Å². The summed E-state index contributed by atoms with van der Waals surface area (Å²) in [5.41, 5.74) is 1.27. The van der Waals surface area contributed by atoms with E-state index in [4.69, 9.17) is 27.5 Å². The smallest absolute Gasteiger partial charge is 0.207 e. The molecule has 0 unspecified atom stereocenters. The molecular formula is C10H9Cl2NO2S. The normalized spacial score (nSPS) is 11.1. The van der Waals surface area contributed by atoms with Gasteiger partial charge in [-0.3, -0.25) is 0 Å². The highest BCUT2D eigenvalue weighted by Gasteiger charge is 2.20. The van der Waals surface area contributed by atoms with Crippen molar-refractivity contribution in [2.45, 2.75) is 24.1 Å². The quantitative estimate of drug-likeness (QED) is 0.631. The molecule has 0 bridgehead atoms. The standard InChI is InChI=1S/C10H9Cl2NO2S/c1-2-8-3-7(6-13)4-9(5-11)10(8)16(12,14)15/h3-4H,2,5H2,1H3. The molecule has 1 aromatic rings. The van der Waals surface area contributed by atoms with E-state index in [2.05, 4.69) is 0 Å². The molecule has 1 aromatic carbocycles. The number of rotatable bonds is 3. The van der Waals surface area contributed by atoms with Crippen LogP contribution < -0.4 is 0 Å². The fraction of sp³-hybridized carbons (Fsp3) is 0.300. The Morgan fingerprint density at radius 2 is 1.94 bits per heavy atom. The Balaban J connectivity index is 3.65. The number of alkyl halides is 1. The molecular weight excluding hydrogens is 269 g/mol. The molecule has 86 valence electrons. The van der Waals surface area contributed by atoms with Gasteiger partial charge in [-0.15, -0.1) is 11.6 Å². The van der Waals surface area contributed by atoms with Crippen LogP contribution in [0, 0.1) is 11.3 Å². The predicted molar refractivity (Wildman–Crippen MR) is 63.1 cm³/mol. The van der Waals surface area contributed by atoms with Crippen LogP contribution in [-0.2, 0) is 21.4 Å². The highest BCUT2D eigenvalue weighted by Crippen LogP contribution is 2.27. The van der Waals surface area contributed by atoms with Crippen molar-refractivity contribution in [3.05, 3.63) is 28.8 Å². The Hall–Kier alpha value is -0.760.